The van der Waals surface area contributed by atoms with Crippen molar-refractivity contribution >= 4 is 35.8 Å². The van der Waals surface area contributed by atoms with Crippen molar-refractivity contribution in [2.24, 2.45) is 10.7 Å². The highest BCUT2D eigenvalue weighted by atomic mass is 127. The Kier molecular flexibility index (Phi) is 9.96. The summed E-state index contributed by atoms with van der Waals surface area (Å²) in [5, 5.41) is 6.65. The molecule has 0 bridgehead atoms. The van der Waals surface area contributed by atoms with Crippen molar-refractivity contribution in [2.45, 2.75) is 38.7 Å². The molecule has 4 N–H and O–H groups in total. The van der Waals surface area contributed by atoms with E-state index < -0.39 is 17.6 Å². The fraction of sp³-hybridized carbons (Fsp3) is 0.391. The van der Waals surface area contributed by atoms with Gasteiger partial charge in [0.2, 0.25) is 5.91 Å². The SMILES string of the molecule is CCNC(=NCc1cccc(C(N)=O)c1)NC1CCN(Cc2ccc(C(F)(F)F)cc2)C1.I. The molecular formula is C23H29F3IN5O. The summed E-state index contributed by atoms with van der Waals surface area (Å²) in [6.45, 7) is 5.30. The van der Waals surface area contributed by atoms with E-state index in [2.05, 4.69) is 20.5 Å². The molecule has 2 aromatic rings. The van der Waals surface area contributed by atoms with Crippen molar-refractivity contribution < 1.29 is 18.0 Å². The first kappa shape index (κ1) is 26.9. The summed E-state index contributed by atoms with van der Waals surface area (Å²) in [5.74, 6) is 0.207. The highest BCUT2D eigenvalue weighted by Gasteiger charge is 2.30. The third-order valence-electron chi connectivity index (χ3n) is 5.28. The molecule has 0 radical (unpaired) electrons. The van der Waals surface area contributed by atoms with Gasteiger partial charge in [-0.15, -0.1) is 24.0 Å². The van der Waals surface area contributed by atoms with Crippen LogP contribution in [0.1, 0.15) is 40.4 Å². The van der Waals surface area contributed by atoms with Gasteiger partial charge in [-0.3, -0.25) is 9.69 Å². The molecule has 1 unspecified atom stereocenters. The Bertz CT molecular complexity index is 950. The van der Waals surface area contributed by atoms with Gasteiger partial charge in [0.05, 0.1) is 12.1 Å². The van der Waals surface area contributed by atoms with Crippen LogP contribution in [0.15, 0.2) is 53.5 Å². The molecule has 0 aromatic heterocycles. The number of guanidine groups is 1. The molecule has 3 rings (SSSR count). The van der Waals surface area contributed by atoms with Crippen LogP contribution in [0.4, 0.5) is 13.2 Å². The van der Waals surface area contributed by atoms with Gasteiger partial charge in [-0.1, -0.05) is 24.3 Å². The second kappa shape index (κ2) is 12.2. The molecule has 2 aromatic carbocycles. The van der Waals surface area contributed by atoms with Crippen LogP contribution >= 0.6 is 24.0 Å². The lowest BCUT2D eigenvalue weighted by Crippen LogP contribution is -2.44. The van der Waals surface area contributed by atoms with Crippen LogP contribution in [0.25, 0.3) is 0 Å². The zero-order chi connectivity index (χ0) is 23.1. The Morgan fingerprint density at radius 1 is 1.18 bits per heavy atom. The van der Waals surface area contributed by atoms with Gasteiger partial charge in [-0.2, -0.15) is 13.2 Å². The Labute approximate surface area is 208 Å². The van der Waals surface area contributed by atoms with Gasteiger partial charge in [0, 0.05) is 37.8 Å². The second-order valence-corrected chi connectivity index (χ2v) is 7.82. The Morgan fingerprint density at radius 3 is 2.55 bits per heavy atom. The third kappa shape index (κ3) is 8.18. The summed E-state index contributed by atoms with van der Waals surface area (Å²) >= 11 is 0. The van der Waals surface area contributed by atoms with Crippen LogP contribution in [0, 0.1) is 0 Å². The predicted molar refractivity (Wildman–Crippen MR) is 133 cm³/mol. The van der Waals surface area contributed by atoms with E-state index in [1.165, 1.54) is 12.1 Å². The van der Waals surface area contributed by atoms with E-state index >= 15 is 0 Å². The minimum atomic E-state index is -4.32. The first-order valence-corrected chi connectivity index (χ1v) is 10.6. The van der Waals surface area contributed by atoms with E-state index in [-0.39, 0.29) is 30.0 Å². The summed E-state index contributed by atoms with van der Waals surface area (Å²) in [5.41, 5.74) is 6.89. The monoisotopic (exact) mass is 575 g/mol. The topological polar surface area (TPSA) is 82.7 Å². The minimum absolute atomic E-state index is 0. The van der Waals surface area contributed by atoms with Gasteiger partial charge in [0.25, 0.3) is 0 Å². The number of halogens is 4. The van der Waals surface area contributed by atoms with Crippen LogP contribution in [-0.2, 0) is 19.3 Å². The quantitative estimate of drug-likeness (QED) is 0.267. The number of primary amides is 1. The smallest absolute Gasteiger partial charge is 0.366 e. The standard InChI is InChI=1S/C23H28F3N5O.HI/c1-2-28-22(29-13-17-4-3-5-18(12-17)21(27)32)30-20-10-11-31(15-20)14-16-6-8-19(9-7-16)23(24,25)26;/h3-9,12,20H,2,10-11,13-15H2,1H3,(H2,27,32)(H2,28,29,30);1H. The predicted octanol–water partition coefficient (Wildman–Crippen LogP) is 3.75. The number of alkyl halides is 3. The van der Waals surface area contributed by atoms with Crippen molar-refractivity contribution in [3.63, 3.8) is 0 Å². The first-order chi connectivity index (χ1) is 15.2. The largest absolute Gasteiger partial charge is 0.416 e. The third-order valence-corrected chi connectivity index (χ3v) is 5.28. The Morgan fingerprint density at radius 2 is 1.91 bits per heavy atom. The van der Waals surface area contributed by atoms with Gasteiger partial charge < -0.3 is 16.4 Å². The molecular weight excluding hydrogens is 546 g/mol. The van der Waals surface area contributed by atoms with Crippen molar-refractivity contribution in [3.8, 4) is 0 Å². The molecule has 1 heterocycles. The van der Waals surface area contributed by atoms with Crippen molar-refractivity contribution in [1.82, 2.24) is 15.5 Å². The van der Waals surface area contributed by atoms with Crippen LogP contribution in [0.3, 0.4) is 0 Å². The van der Waals surface area contributed by atoms with Crippen LogP contribution in [0.2, 0.25) is 0 Å². The summed E-state index contributed by atoms with van der Waals surface area (Å²) in [6, 6.07) is 12.6. The molecule has 0 saturated carbocycles. The highest BCUT2D eigenvalue weighted by Crippen LogP contribution is 2.29. The van der Waals surface area contributed by atoms with Crippen molar-refractivity contribution in [3.05, 3.63) is 70.8 Å². The lowest BCUT2D eigenvalue weighted by molar-refractivity contribution is -0.137. The molecule has 180 valence electrons. The average molecular weight is 575 g/mol. The van der Waals surface area contributed by atoms with E-state index in [1.54, 1.807) is 18.2 Å². The number of carbonyl (C=O) groups is 1. The number of hydrogen-bond acceptors (Lipinski definition) is 3. The number of nitrogens with one attached hydrogen (secondary N) is 2. The zero-order valence-electron chi connectivity index (χ0n) is 18.4. The maximum Gasteiger partial charge on any atom is 0.416 e. The summed E-state index contributed by atoms with van der Waals surface area (Å²) in [7, 11) is 0. The molecule has 0 spiro atoms. The fourth-order valence-electron chi connectivity index (χ4n) is 3.66. The fourth-order valence-corrected chi connectivity index (χ4v) is 3.66. The van der Waals surface area contributed by atoms with Crippen LogP contribution in [0.5, 0.6) is 0 Å². The molecule has 10 heteroatoms. The lowest BCUT2D eigenvalue weighted by atomic mass is 10.1. The molecule has 0 aliphatic carbocycles. The molecule has 1 amide bonds. The highest BCUT2D eigenvalue weighted by molar-refractivity contribution is 14.0. The molecule has 1 fully saturated rings. The number of nitrogens with two attached hydrogens (primary N) is 1. The van der Waals surface area contributed by atoms with Gasteiger partial charge in [0.15, 0.2) is 5.96 Å². The van der Waals surface area contributed by atoms with Gasteiger partial charge >= 0.3 is 6.18 Å². The van der Waals surface area contributed by atoms with E-state index in [0.717, 1.165) is 42.8 Å². The number of aliphatic imine (C=N–C) groups is 1. The minimum Gasteiger partial charge on any atom is -0.366 e. The number of nitrogens with zero attached hydrogens (tertiary/aromatic N) is 2. The summed E-state index contributed by atoms with van der Waals surface area (Å²) in [6.07, 6.45) is -3.41. The average Bonchev–Trinajstić information content (AvgIpc) is 3.19. The van der Waals surface area contributed by atoms with Gasteiger partial charge in [-0.05, 0) is 48.7 Å². The molecule has 6 nitrogen and oxygen atoms in total. The van der Waals surface area contributed by atoms with Crippen LogP contribution < -0.4 is 16.4 Å². The molecule has 1 atom stereocenters. The number of benzene rings is 2. The number of amides is 1. The zero-order valence-corrected chi connectivity index (χ0v) is 20.7. The van der Waals surface area contributed by atoms with Crippen molar-refractivity contribution in [1.29, 1.82) is 0 Å². The Hall–Kier alpha value is -2.34. The van der Waals surface area contributed by atoms with E-state index in [1.807, 2.05) is 13.0 Å². The normalized spacial score (nSPS) is 16.8. The number of likely N-dealkylation sites (tertiary alicyclic amines) is 1. The maximum atomic E-state index is 12.7. The summed E-state index contributed by atoms with van der Waals surface area (Å²) < 4.78 is 38.2. The van der Waals surface area contributed by atoms with Crippen molar-refractivity contribution in [2.75, 3.05) is 19.6 Å². The maximum absolute atomic E-state index is 12.7. The molecule has 33 heavy (non-hydrogen) atoms. The first-order valence-electron chi connectivity index (χ1n) is 10.6. The van der Waals surface area contributed by atoms with Gasteiger partial charge in [0.1, 0.15) is 0 Å². The van der Waals surface area contributed by atoms with Crippen LogP contribution in [-0.4, -0.2) is 42.4 Å². The number of hydrogen-bond donors (Lipinski definition) is 3. The van der Waals surface area contributed by atoms with Gasteiger partial charge in [-0.25, -0.2) is 4.99 Å². The second-order valence-electron chi connectivity index (χ2n) is 7.82. The van der Waals surface area contributed by atoms with E-state index in [9.17, 15) is 18.0 Å². The molecule has 1 saturated heterocycles. The molecule has 1 aliphatic heterocycles. The Balaban J connectivity index is 0.00000385. The number of carbonyl (C=O) groups excluding carboxylic acids is 1. The van der Waals surface area contributed by atoms with E-state index in [0.29, 0.717) is 31.2 Å². The van der Waals surface area contributed by atoms with E-state index in [4.69, 9.17) is 5.73 Å². The molecule has 1 aliphatic rings. The lowest BCUT2D eigenvalue weighted by Gasteiger charge is -2.19. The number of rotatable bonds is 7. The summed E-state index contributed by atoms with van der Waals surface area (Å²) in [4.78, 5) is 18.2.